The lowest BCUT2D eigenvalue weighted by atomic mass is 9.97. The summed E-state index contributed by atoms with van der Waals surface area (Å²) < 4.78 is 5.36. The van der Waals surface area contributed by atoms with E-state index < -0.39 is 36.0 Å². The van der Waals surface area contributed by atoms with Crippen LogP contribution in [0.1, 0.15) is 18.4 Å². The minimum absolute atomic E-state index is 0.0325. The van der Waals surface area contributed by atoms with Crippen molar-refractivity contribution in [2.45, 2.75) is 37.1 Å². The highest BCUT2D eigenvalue weighted by Crippen LogP contribution is 2.33. The van der Waals surface area contributed by atoms with Gasteiger partial charge in [-0.3, -0.25) is 4.79 Å². The van der Waals surface area contributed by atoms with Gasteiger partial charge in [0.05, 0.1) is 15.8 Å². The monoisotopic (exact) mass is 433 g/mol. The van der Waals surface area contributed by atoms with E-state index in [2.05, 4.69) is 10.5 Å². The van der Waals surface area contributed by atoms with Gasteiger partial charge >= 0.3 is 5.97 Å². The van der Waals surface area contributed by atoms with Gasteiger partial charge < -0.3 is 19.7 Å². The molecule has 3 atom stereocenters. The predicted octanol–water partition coefficient (Wildman–Crippen LogP) is 1.14. The number of ether oxygens (including phenoxy) is 1. The molecule has 1 N–H and O–H groups in total. The molecule has 0 bridgehead atoms. The molecule has 1 unspecified atom stereocenters. The molecule has 0 radical (unpaired) electrons. The Morgan fingerprint density at radius 1 is 1.31 bits per heavy atom. The number of nitroso groups, excluding NO2 is 1. The minimum Gasteiger partial charge on any atom is -0.459 e. The van der Waals surface area contributed by atoms with Crippen LogP contribution < -0.4 is 5.32 Å². The Balaban J connectivity index is 1.93. The van der Waals surface area contributed by atoms with E-state index in [4.69, 9.17) is 29.2 Å². The van der Waals surface area contributed by atoms with E-state index in [-0.39, 0.29) is 16.3 Å². The van der Waals surface area contributed by atoms with Crippen molar-refractivity contribution in [2.24, 2.45) is 5.18 Å². The Labute approximate surface area is 177 Å². The number of nitrogens with zero attached hydrogens (tertiary/aromatic N) is 2. The zero-order chi connectivity index (χ0) is 21.0. The number of carbonyl (C=O) groups is 3. The molecule has 1 amide bonds. The standard InChI is InChI=1S/C19H19N3O5S2/c23-11-19(10-21-26)16(29)15(28)14(22(19)17(24)13-7-4-8-20-13)18(25)27-9-12-5-2-1-3-6-12/h1-3,5-6,11,13-14,20H,4,7-10H2/t13-,14?,19+/m0/s1. The van der Waals surface area contributed by atoms with Crippen LogP contribution in [-0.4, -0.2) is 63.5 Å². The molecular weight excluding hydrogens is 414 g/mol. The number of likely N-dealkylation sites (tertiary alicyclic amines) is 1. The first-order valence-electron chi connectivity index (χ1n) is 9.07. The average Bonchev–Trinajstić information content (AvgIpc) is 3.35. The molecule has 8 nitrogen and oxygen atoms in total. The van der Waals surface area contributed by atoms with E-state index in [1.165, 1.54) is 0 Å². The first-order valence-corrected chi connectivity index (χ1v) is 9.89. The number of esters is 1. The van der Waals surface area contributed by atoms with Gasteiger partial charge in [0.25, 0.3) is 0 Å². The van der Waals surface area contributed by atoms with Gasteiger partial charge in [0, 0.05) is 0 Å². The van der Waals surface area contributed by atoms with Crippen molar-refractivity contribution >= 4 is 52.3 Å². The summed E-state index contributed by atoms with van der Waals surface area (Å²) in [6.07, 6.45) is 1.67. The van der Waals surface area contributed by atoms with E-state index in [1.54, 1.807) is 24.3 Å². The fourth-order valence-electron chi connectivity index (χ4n) is 3.60. The number of hydrogen-bond acceptors (Lipinski definition) is 9. The zero-order valence-electron chi connectivity index (χ0n) is 15.4. The minimum atomic E-state index is -1.86. The fraction of sp³-hybridized carbons (Fsp3) is 0.421. The van der Waals surface area contributed by atoms with Gasteiger partial charge in [0.2, 0.25) is 5.91 Å². The molecule has 2 aliphatic heterocycles. The van der Waals surface area contributed by atoms with Crippen LogP contribution in [0.4, 0.5) is 0 Å². The Hall–Kier alpha value is -2.43. The number of carbonyl (C=O) groups excluding carboxylic acids is 3. The third kappa shape index (κ3) is 3.87. The molecule has 3 rings (SSSR count). The Morgan fingerprint density at radius 2 is 2.03 bits per heavy atom. The molecule has 2 fully saturated rings. The second-order valence-corrected chi connectivity index (χ2v) is 7.72. The van der Waals surface area contributed by atoms with Crippen LogP contribution in [0.5, 0.6) is 0 Å². The van der Waals surface area contributed by atoms with Crippen LogP contribution in [0.25, 0.3) is 0 Å². The highest BCUT2D eigenvalue weighted by molar-refractivity contribution is 7.90. The summed E-state index contributed by atoms with van der Waals surface area (Å²) in [6.45, 7) is -0.0199. The Kier molecular flexibility index (Phi) is 6.56. The molecule has 10 heteroatoms. The normalized spacial score (nSPS) is 26.4. The number of thiocarbonyl (C=S) groups is 2. The van der Waals surface area contributed by atoms with Crippen LogP contribution in [0, 0.1) is 4.91 Å². The highest BCUT2D eigenvalue weighted by atomic mass is 32.1. The fourth-order valence-corrected chi connectivity index (χ4v) is 4.30. The summed E-state index contributed by atoms with van der Waals surface area (Å²) >= 11 is 10.6. The molecule has 2 heterocycles. The van der Waals surface area contributed by atoms with Crippen molar-refractivity contribution < 1.29 is 19.1 Å². The number of rotatable bonds is 7. The summed E-state index contributed by atoms with van der Waals surface area (Å²) in [5.74, 6) is -1.33. The van der Waals surface area contributed by atoms with Crippen LogP contribution in [-0.2, 0) is 25.7 Å². The van der Waals surface area contributed by atoms with E-state index in [0.29, 0.717) is 19.3 Å². The Morgan fingerprint density at radius 3 is 2.62 bits per heavy atom. The highest BCUT2D eigenvalue weighted by Gasteiger charge is 2.60. The van der Waals surface area contributed by atoms with Crippen molar-refractivity contribution in [1.29, 1.82) is 0 Å². The number of hydrogen-bond donors (Lipinski definition) is 1. The maximum Gasteiger partial charge on any atom is 0.334 e. The van der Waals surface area contributed by atoms with Gasteiger partial charge in [-0.05, 0) is 24.9 Å². The number of amides is 1. The quantitative estimate of drug-likeness (QED) is 0.295. The maximum absolute atomic E-state index is 13.2. The van der Waals surface area contributed by atoms with Crippen molar-refractivity contribution in [3.63, 3.8) is 0 Å². The zero-order valence-corrected chi connectivity index (χ0v) is 17.0. The third-order valence-electron chi connectivity index (χ3n) is 5.10. The van der Waals surface area contributed by atoms with E-state index in [9.17, 15) is 19.3 Å². The smallest absolute Gasteiger partial charge is 0.334 e. The van der Waals surface area contributed by atoms with Crippen LogP contribution in [0.2, 0.25) is 0 Å². The number of nitrogens with one attached hydrogen (secondary N) is 1. The molecule has 1 aromatic carbocycles. The molecule has 0 aliphatic carbocycles. The largest absolute Gasteiger partial charge is 0.459 e. The Bertz CT molecular complexity index is 857. The molecule has 29 heavy (non-hydrogen) atoms. The van der Waals surface area contributed by atoms with Crippen molar-refractivity contribution in [1.82, 2.24) is 10.2 Å². The predicted molar refractivity (Wildman–Crippen MR) is 113 cm³/mol. The van der Waals surface area contributed by atoms with E-state index >= 15 is 0 Å². The van der Waals surface area contributed by atoms with E-state index in [0.717, 1.165) is 16.9 Å². The van der Waals surface area contributed by atoms with Gasteiger partial charge in [-0.1, -0.05) is 59.9 Å². The molecule has 152 valence electrons. The number of aldehydes is 1. The lowest BCUT2D eigenvalue weighted by molar-refractivity contribution is -0.156. The summed E-state index contributed by atoms with van der Waals surface area (Å²) in [6, 6.07) is 7.03. The summed E-state index contributed by atoms with van der Waals surface area (Å²) in [4.78, 5) is 50.0. The lowest BCUT2D eigenvalue weighted by Crippen LogP contribution is -2.61. The summed E-state index contributed by atoms with van der Waals surface area (Å²) in [5.41, 5.74) is -1.11. The topological polar surface area (TPSA) is 105 Å². The van der Waals surface area contributed by atoms with Crippen molar-refractivity contribution in [2.75, 3.05) is 13.1 Å². The molecule has 0 spiro atoms. The van der Waals surface area contributed by atoms with Crippen LogP contribution in [0.15, 0.2) is 35.5 Å². The van der Waals surface area contributed by atoms with Crippen LogP contribution >= 0.6 is 24.4 Å². The third-order valence-corrected chi connectivity index (χ3v) is 6.23. The van der Waals surface area contributed by atoms with Crippen molar-refractivity contribution in [3.8, 4) is 0 Å². The molecule has 1 aromatic rings. The van der Waals surface area contributed by atoms with Gasteiger partial charge in [-0.15, -0.1) is 0 Å². The first-order chi connectivity index (χ1) is 14.0. The van der Waals surface area contributed by atoms with Crippen LogP contribution in [0.3, 0.4) is 0 Å². The molecule has 0 saturated carbocycles. The average molecular weight is 434 g/mol. The molecule has 2 aliphatic rings. The second-order valence-electron chi connectivity index (χ2n) is 6.88. The van der Waals surface area contributed by atoms with E-state index in [1.807, 2.05) is 6.07 Å². The molecule has 0 aromatic heterocycles. The number of benzene rings is 1. The van der Waals surface area contributed by atoms with Gasteiger partial charge in [-0.2, -0.15) is 4.91 Å². The maximum atomic E-state index is 13.2. The first kappa shape index (κ1) is 21.3. The summed E-state index contributed by atoms with van der Waals surface area (Å²) in [5, 5.41) is 5.83. The van der Waals surface area contributed by atoms with Gasteiger partial charge in [0.15, 0.2) is 17.9 Å². The van der Waals surface area contributed by atoms with Gasteiger partial charge in [0.1, 0.15) is 13.2 Å². The SMILES string of the molecule is O=C[C@]1(CN=O)C(=S)C(=S)C(C(=O)OCc2ccccc2)N1C(=O)[C@@H]1CCCN1. The lowest BCUT2D eigenvalue weighted by Gasteiger charge is -2.35. The molecular formula is C19H19N3O5S2. The summed E-state index contributed by atoms with van der Waals surface area (Å²) in [7, 11) is 0. The van der Waals surface area contributed by atoms with Crippen molar-refractivity contribution in [3.05, 3.63) is 40.8 Å². The second kappa shape index (κ2) is 8.93. The van der Waals surface area contributed by atoms with Gasteiger partial charge in [-0.25, -0.2) is 4.79 Å². The molecule has 2 saturated heterocycles.